The number of hydrogen-bond acceptors (Lipinski definition) is 5. The summed E-state index contributed by atoms with van der Waals surface area (Å²) < 4.78 is 32.4. The van der Waals surface area contributed by atoms with E-state index in [1.807, 2.05) is 25.1 Å². The number of hydrogen-bond donors (Lipinski definition) is 0. The summed E-state index contributed by atoms with van der Waals surface area (Å²) in [7, 11) is -3.41. The zero-order chi connectivity index (χ0) is 21.0. The van der Waals surface area contributed by atoms with Crippen LogP contribution in [0.5, 0.6) is 5.75 Å². The topological polar surface area (TPSA) is 77.7 Å². The maximum atomic E-state index is 12.7. The standard InChI is InChI=1S/C21H20N2O4S2/c1-4-12-23-18-11-10-16(27-5-2)14-19(18)28-21(23)22-20(24)15-8-7-9-17(13-15)29(25,26)6-3/h1,7-11,13-14H,5-6,12H2,2-3H3. The lowest BCUT2D eigenvalue weighted by Crippen LogP contribution is -2.16. The van der Waals surface area contributed by atoms with Crippen molar-refractivity contribution in [3.8, 4) is 18.1 Å². The lowest BCUT2D eigenvalue weighted by molar-refractivity contribution is 0.0997. The molecule has 0 aliphatic rings. The Morgan fingerprint density at radius 3 is 2.72 bits per heavy atom. The third-order valence-corrected chi connectivity index (χ3v) is 7.01. The van der Waals surface area contributed by atoms with E-state index < -0.39 is 15.7 Å². The number of benzene rings is 2. The Hall–Kier alpha value is -2.89. The number of rotatable bonds is 6. The normalized spacial score (nSPS) is 12.1. The molecule has 3 rings (SSSR count). The number of sulfone groups is 1. The molecule has 1 amide bonds. The molecule has 8 heteroatoms. The zero-order valence-corrected chi connectivity index (χ0v) is 17.7. The zero-order valence-electron chi connectivity index (χ0n) is 16.1. The molecular weight excluding hydrogens is 408 g/mol. The second kappa shape index (κ2) is 8.64. The first-order valence-electron chi connectivity index (χ1n) is 9.01. The molecular formula is C21H20N2O4S2. The molecule has 1 aromatic heterocycles. The highest BCUT2D eigenvalue weighted by atomic mass is 32.2. The van der Waals surface area contributed by atoms with Gasteiger partial charge in [0.15, 0.2) is 14.6 Å². The first kappa shape index (κ1) is 20.8. The van der Waals surface area contributed by atoms with Gasteiger partial charge in [0.2, 0.25) is 0 Å². The molecule has 6 nitrogen and oxygen atoms in total. The quantitative estimate of drug-likeness (QED) is 0.565. The Bertz CT molecular complexity index is 1280. The van der Waals surface area contributed by atoms with Gasteiger partial charge in [-0.1, -0.05) is 30.2 Å². The number of terminal acetylenes is 1. The third-order valence-electron chi connectivity index (χ3n) is 4.23. The Balaban J connectivity index is 2.10. The lowest BCUT2D eigenvalue weighted by Gasteiger charge is -2.04. The summed E-state index contributed by atoms with van der Waals surface area (Å²) in [6, 6.07) is 11.5. The highest BCUT2D eigenvalue weighted by Gasteiger charge is 2.15. The predicted octanol–water partition coefficient (Wildman–Crippen LogP) is 3.27. The molecule has 150 valence electrons. The van der Waals surface area contributed by atoms with E-state index in [-0.39, 0.29) is 22.8 Å². The van der Waals surface area contributed by atoms with Gasteiger partial charge in [0.25, 0.3) is 5.91 Å². The van der Waals surface area contributed by atoms with E-state index in [9.17, 15) is 13.2 Å². The maximum Gasteiger partial charge on any atom is 0.279 e. The van der Waals surface area contributed by atoms with Crippen molar-refractivity contribution in [1.29, 1.82) is 0 Å². The SMILES string of the molecule is C#CCn1c(=NC(=O)c2cccc(S(=O)(=O)CC)c2)sc2cc(OCC)ccc21. The Morgan fingerprint density at radius 2 is 2.03 bits per heavy atom. The van der Waals surface area contributed by atoms with E-state index in [0.717, 1.165) is 16.0 Å². The van der Waals surface area contributed by atoms with Gasteiger partial charge in [0.1, 0.15) is 5.75 Å². The van der Waals surface area contributed by atoms with Crippen LogP contribution < -0.4 is 9.54 Å². The fraction of sp³-hybridized carbons (Fsp3) is 0.238. The second-order valence-corrected chi connectivity index (χ2v) is 9.37. The van der Waals surface area contributed by atoms with E-state index in [0.29, 0.717) is 11.4 Å². The smallest absolute Gasteiger partial charge is 0.279 e. The summed E-state index contributed by atoms with van der Waals surface area (Å²) in [6.07, 6.45) is 5.50. The first-order valence-corrected chi connectivity index (χ1v) is 11.5. The first-order chi connectivity index (χ1) is 13.9. The molecule has 2 aromatic carbocycles. The van der Waals surface area contributed by atoms with Crippen molar-refractivity contribution in [2.45, 2.75) is 25.3 Å². The number of carbonyl (C=O) groups is 1. The molecule has 0 saturated carbocycles. The minimum Gasteiger partial charge on any atom is -0.494 e. The van der Waals surface area contributed by atoms with Gasteiger partial charge in [-0.05, 0) is 43.3 Å². The minimum absolute atomic E-state index is 0.0393. The molecule has 0 bridgehead atoms. The van der Waals surface area contributed by atoms with Gasteiger partial charge in [0, 0.05) is 5.56 Å². The van der Waals surface area contributed by atoms with Crippen LogP contribution in [0.15, 0.2) is 52.4 Å². The van der Waals surface area contributed by atoms with Gasteiger partial charge in [-0.2, -0.15) is 4.99 Å². The second-order valence-electron chi connectivity index (χ2n) is 6.09. The van der Waals surface area contributed by atoms with Crippen molar-refractivity contribution in [1.82, 2.24) is 4.57 Å². The largest absolute Gasteiger partial charge is 0.494 e. The van der Waals surface area contributed by atoms with Crippen LogP contribution in [0.2, 0.25) is 0 Å². The van der Waals surface area contributed by atoms with Crippen molar-refractivity contribution in [3.05, 3.63) is 52.8 Å². The molecule has 29 heavy (non-hydrogen) atoms. The Kier molecular flexibility index (Phi) is 6.20. The summed E-state index contributed by atoms with van der Waals surface area (Å²) in [5, 5.41) is 0. The summed E-state index contributed by atoms with van der Waals surface area (Å²) in [6.45, 7) is 4.27. The number of aromatic nitrogens is 1. The molecule has 3 aromatic rings. The third kappa shape index (κ3) is 4.42. The predicted molar refractivity (Wildman–Crippen MR) is 114 cm³/mol. The van der Waals surface area contributed by atoms with Crippen molar-refractivity contribution in [2.75, 3.05) is 12.4 Å². The number of carbonyl (C=O) groups excluding carboxylic acids is 1. The van der Waals surface area contributed by atoms with E-state index in [1.54, 1.807) is 23.6 Å². The van der Waals surface area contributed by atoms with Crippen molar-refractivity contribution in [3.63, 3.8) is 0 Å². The summed E-state index contributed by atoms with van der Waals surface area (Å²) in [5.41, 5.74) is 1.06. The van der Waals surface area contributed by atoms with Gasteiger partial charge >= 0.3 is 0 Å². The van der Waals surface area contributed by atoms with Crippen LogP contribution in [0, 0.1) is 12.3 Å². The van der Waals surface area contributed by atoms with Gasteiger partial charge in [-0.25, -0.2) is 8.42 Å². The van der Waals surface area contributed by atoms with Gasteiger partial charge in [0.05, 0.1) is 34.0 Å². The molecule has 0 radical (unpaired) electrons. The minimum atomic E-state index is -3.41. The fourth-order valence-corrected chi connectivity index (χ4v) is 4.76. The summed E-state index contributed by atoms with van der Waals surface area (Å²) in [5.74, 6) is 2.74. The maximum absolute atomic E-state index is 12.7. The lowest BCUT2D eigenvalue weighted by atomic mass is 10.2. The molecule has 0 unspecified atom stereocenters. The molecule has 0 spiro atoms. The van der Waals surface area contributed by atoms with E-state index >= 15 is 0 Å². The van der Waals surface area contributed by atoms with Crippen LogP contribution in [0.4, 0.5) is 0 Å². The van der Waals surface area contributed by atoms with Crippen molar-refractivity contribution >= 4 is 37.3 Å². The van der Waals surface area contributed by atoms with Crippen molar-refractivity contribution < 1.29 is 17.9 Å². The average Bonchev–Trinajstić information content (AvgIpc) is 3.05. The summed E-state index contributed by atoms with van der Waals surface area (Å²) >= 11 is 1.32. The number of ether oxygens (including phenoxy) is 1. The van der Waals surface area contributed by atoms with E-state index in [2.05, 4.69) is 10.9 Å². The molecule has 0 aliphatic heterocycles. The molecule has 1 heterocycles. The number of fused-ring (bicyclic) bond motifs is 1. The number of amides is 1. The fourth-order valence-electron chi connectivity index (χ4n) is 2.78. The average molecular weight is 429 g/mol. The van der Waals surface area contributed by atoms with Gasteiger partial charge in [-0.3, -0.25) is 4.79 Å². The molecule has 0 N–H and O–H groups in total. The summed E-state index contributed by atoms with van der Waals surface area (Å²) in [4.78, 5) is 17.5. The molecule has 0 saturated heterocycles. The van der Waals surface area contributed by atoms with Crippen LogP contribution in [0.25, 0.3) is 10.2 Å². The Labute approximate surface area is 173 Å². The number of nitrogens with zero attached hydrogens (tertiary/aromatic N) is 2. The van der Waals surface area contributed by atoms with Crippen LogP contribution >= 0.6 is 11.3 Å². The van der Waals surface area contributed by atoms with Crippen LogP contribution in [-0.4, -0.2) is 31.3 Å². The van der Waals surface area contributed by atoms with Crippen molar-refractivity contribution in [2.24, 2.45) is 4.99 Å². The highest BCUT2D eigenvalue weighted by Crippen LogP contribution is 2.23. The van der Waals surface area contributed by atoms with E-state index in [1.165, 1.54) is 23.5 Å². The highest BCUT2D eigenvalue weighted by molar-refractivity contribution is 7.91. The number of thiazole rings is 1. The van der Waals surface area contributed by atoms with Crippen LogP contribution in [0.3, 0.4) is 0 Å². The van der Waals surface area contributed by atoms with Gasteiger partial charge < -0.3 is 9.30 Å². The molecule has 0 aliphatic carbocycles. The Morgan fingerprint density at radius 1 is 1.24 bits per heavy atom. The monoisotopic (exact) mass is 428 g/mol. The molecule has 0 fully saturated rings. The van der Waals surface area contributed by atoms with Gasteiger partial charge in [-0.15, -0.1) is 6.42 Å². The van der Waals surface area contributed by atoms with E-state index in [4.69, 9.17) is 11.2 Å². The van der Waals surface area contributed by atoms with Crippen LogP contribution in [0.1, 0.15) is 24.2 Å². The molecule has 0 atom stereocenters. The van der Waals surface area contributed by atoms with Crippen LogP contribution in [-0.2, 0) is 16.4 Å².